The van der Waals surface area contributed by atoms with Crippen molar-refractivity contribution in [2.24, 2.45) is 5.92 Å². The van der Waals surface area contributed by atoms with Gasteiger partial charge in [0.25, 0.3) is 0 Å². The highest BCUT2D eigenvalue weighted by Crippen LogP contribution is 2.35. The first-order valence-electron chi connectivity index (χ1n) is 4.19. The van der Waals surface area contributed by atoms with E-state index in [0.29, 0.717) is 0 Å². The van der Waals surface area contributed by atoms with E-state index in [0.717, 1.165) is 12.0 Å². The van der Waals surface area contributed by atoms with Gasteiger partial charge in [-0.25, -0.2) is 0 Å². The van der Waals surface area contributed by atoms with Crippen molar-refractivity contribution in [3.63, 3.8) is 0 Å². The third kappa shape index (κ3) is 1.04. The minimum Gasteiger partial charge on any atom is -0.396 e. The lowest BCUT2D eigenvalue weighted by Crippen LogP contribution is -2.11. The molecule has 0 aromatic heterocycles. The average molecular weight is 164 g/mol. The van der Waals surface area contributed by atoms with E-state index in [1.807, 2.05) is 24.3 Å². The molecule has 2 rings (SSSR count). The molecule has 0 bridgehead atoms. The summed E-state index contributed by atoms with van der Waals surface area (Å²) in [7, 11) is 0. The summed E-state index contributed by atoms with van der Waals surface area (Å²) in [4.78, 5) is 0. The summed E-state index contributed by atoms with van der Waals surface area (Å²) in [6.07, 6.45) is 0.333. The first-order valence-corrected chi connectivity index (χ1v) is 4.19. The van der Waals surface area contributed by atoms with Crippen LogP contribution in [0, 0.1) is 5.92 Å². The van der Waals surface area contributed by atoms with E-state index in [1.165, 1.54) is 5.56 Å². The Morgan fingerprint density at radius 1 is 1.33 bits per heavy atom. The standard InChI is InChI=1S/C10H12O2/c11-6-8-5-7-3-1-2-4-9(7)10(8)12/h1-4,8,10-12H,5-6H2/t8-,10-/m1/s1. The van der Waals surface area contributed by atoms with Crippen molar-refractivity contribution in [2.45, 2.75) is 12.5 Å². The van der Waals surface area contributed by atoms with Crippen molar-refractivity contribution < 1.29 is 10.2 Å². The fourth-order valence-corrected chi connectivity index (χ4v) is 1.82. The van der Waals surface area contributed by atoms with Crippen LogP contribution in [0.5, 0.6) is 0 Å². The number of rotatable bonds is 1. The van der Waals surface area contributed by atoms with Crippen LogP contribution in [0.1, 0.15) is 17.2 Å². The van der Waals surface area contributed by atoms with Crippen molar-refractivity contribution in [3.05, 3.63) is 35.4 Å². The van der Waals surface area contributed by atoms with Gasteiger partial charge in [-0.05, 0) is 17.5 Å². The molecule has 0 heterocycles. The smallest absolute Gasteiger partial charge is 0.0845 e. The van der Waals surface area contributed by atoms with Gasteiger partial charge in [-0.1, -0.05) is 24.3 Å². The molecule has 0 saturated heterocycles. The minimum absolute atomic E-state index is 0.00222. The predicted octanol–water partition coefficient (Wildman–Crippen LogP) is 0.885. The zero-order chi connectivity index (χ0) is 8.55. The molecule has 0 amide bonds. The summed E-state index contributed by atoms with van der Waals surface area (Å²) >= 11 is 0. The highest BCUT2D eigenvalue weighted by atomic mass is 16.3. The highest BCUT2D eigenvalue weighted by Gasteiger charge is 2.29. The summed E-state index contributed by atoms with van der Waals surface area (Å²) in [5.74, 6) is 0.00222. The first-order chi connectivity index (χ1) is 5.83. The lowest BCUT2D eigenvalue weighted by atomic mass is 10.1. The van der Waals surface area contributed by atoms with Crippen LogP contribution < -0.4 is 0 Å². The zero-order valence-corrected chi connectivity index (χ0v) is 6.77. The second-order valence-electron chi connectivity index (χ2n) is 3.29. The molecule has 0 radical (unpaired) electrons. The summed E-state index contributed by atoms with van der Waals surface area (Å²) in [5, 5.41) is 18.6. The third-order valence-electron chi connectivity index (χ3n) is 2.54. The quantitative estimate of drug-likeness (QED) is 0.647. The number of hydrogen-bond donors (Lipinski definition) is 2. The Bertz CT molecular complexity index is 283. The molecule has 0 spiro atoms. The second-order valence-corrected chi connectivity index (χ2v) is 3.29. The minimum atomic E-state index is -0.466. The van der Waals surface area contributed by atoms with Crippen molar-refractivity contribution in [1.82, 2.24) is 0 Å². The van der Waals surface area contributed by atoms with Gasteiger partial charge in [0.15, 0.2) is 0 Å². The number of fused-ring (bicyclic) bond motifs is 1. The molecule has 12 heavy (non-hydrogen) atoms. The van der Waals surface area contributed by atoms with Crippen LogP contribution in [0.3, 0.4) is 0 Å². The molecule has 64 valence electrons. The Morgan fingerprint density at radius 2 is 2.08 bits per heavy atom. The molecule has 0 aliphatic heterocycles. The van der Waals surface area contributed by atoms with Gasteiger partial charge in [0, 0.05) is 12.5 Å². The van der Waals surface area contributed by atoms with Gasteiger partial charge in [0.2, 0.25) is 0 Å². The van der Waals surface area contributed by atoms with Crippen LogP contribution >= 0.6 is 0 Å². The van der Waals surface area contributed by atoms with E-state index < -0.39 is 6.10 Å². The van der Waals surface area contributed by atoms with E-state index >= 15 is 0 Å². The Morgan fingerprint density at radius 3 is 2.75 bits per heavy atom. The first kappa shape index (κ1) is 7.77. The number of aliphatic hydroxyl groups is 2. The monoisotopic (exact) mass is 164 g/mol. The lowest BCUT2D eigenvalue weighted by Gasteiger charge is -2.10. The highest BCUT2D eigenvalue weighted by molar-refractivity contribution is 5.34. The summed E-state index contributed by atoms with van der Waals surface area (Å²) < 4.78 is 0. The third-order valence-corrected chi connectivity index (χ3v) is 2.54. The van der Waals surface area contributed by atoms with Gasteiger partial charge in [0.05, 0.1) is 6.10 Å². The van der Waals surface area contributed by atoms with Crippen molar-refractivity contribution in [3.8, 4) is 0 Å². The Balaban J connectivity index is 2.35. The molecule has 0 saturated carbocycles. The van der Waals surface area contributed by atoms with Gasteiger partial charge in [0.1, 0.15) is 0 Å². The van der Waals surface area contributed by atoms with Gasteiger partial charge >= 0.3 is 0 Å². The van der Waals surface area contributed by atoms with Gasteiger partial charge in [-0.2, -0.15) is 0 Å². The van der Waals surface area contributed by atoms with Crippen LogP contribution in [-0.2, 0) is 6.42 Å². The molecule has 2 atom stereocenters. The summed E-state index contributed by atoms with van der Waals surface area (Å²) in [6.45, 7) is 0.0653. The van der Waals surface area contributed by atoms with E-state index in [-0.39, 0.29) is 12.5 Å². The molecular formula is C10H12O2. The maximum absolute atomic E-state index is 9.68. The van der Waals surface area contributed by atoms with E-state index in [1.54, 1.807) is 0 Å². The molecule has 2 nitrogen and oxygen atoms in total. The molecule has 2 heteroatoms. The molecular weight excluding hydrogens is 152 g/mol. The maximum Gasteiger partial charge on any atom is 0.0845 e. The fourth-order valence-electron chi connectivity index (χ4n) is 1.82. The van der Waals surface area contributed by atoms with Gasteiger partial charge in [-0.15, -0.1) is 0 Å². The number of aliphatic hydroxyl groups excluding tert-OH is 2. The van der Waals surface area contributed by atoms with Crippen LogP contribution in [0.4, 0.5) is 0 Å². The molecule has 1 aliphatic carbocycles. The molecule has 1 aliphatic rings. The molecule has 0 unspecified atom stereocenters. The van der Waals surface area contributed by atoms with Crippen molar-refractivity contribution in [2.75, 3.05) is 6.61 Å². The van der Waals surface area contributed by atoms with E-state index in [4.69, 9.17) is 5.11 Å². The normalized spacial score (nSPS) is 27.2. The summed E-state index contributed by atoms with van der Waals surface area (Å²) in [5.41, 5.74) is 2.15. The largest absolute Gasteiger partial charge is 0.396 e. The lowest BCUT2D eigenvalue weighted by molar-refractivity contribution is 0.0807. The fraction of sp³-hybridized carbons (Fsp3) is 0.400. The predicted molar refractivity (Wildman–Crippen MR) is 45.7 cm³/mol. The Hall–Kier alpha value is -0.860. The molecule has 1 aromatic rings. The molecule has 2 N–H and O–H groups in total. The van der Waals surface area contributed by atoms with Gasteiger partial charge in [-0.3, -0.25) is 0 Å². The summed E-state index contributed by atoms with van der Waals surface area (Å²) in [6, 6.07) is 7.82. The van der Waals surface area contributed by atoms with E-state index in [9.17, 15) is 5.11 Å². The van der Waals surface area contributed by atoms with Crippen LogP contribution in [-0.4, -0.2) is 16.8 Å². The Labute approximate surface area is 71.5 Å². The van der Waals surface area contributed by atoms with Crippen molar-refractivity contribution >= 4 is 0 Å². The maximum atomic E-state index is 9.68. The molecule has 0 fully saturated rings. The average Bonchev–Trinajstić information content (AvgIpc) is 2.44. The van der Waals surface area contributed by atoms with Gasteiger partial charge < -0.3 is 10.2 Å². The SMILES string of the molecule is OC[C@H]1Cc2ccccc2[C@@H]1O. The number of benzene rings is 1. The zero-order valence-electron chi connectivity index (χ0n) is 6.77. The van der Waals surface area contributed by atoms with Crippen molar-refractivity contribution in [1.29, 1.82) is 0 Å². The number of hydrogen-bond acceptors (Lipinski definition) is 2. The van der Waals surface area contributed by atoms with Crippen LogP contribution in [0.25, 0.3) is 0 Å². The second kappa shape index (κ2) is 2.88. The molecule has 1 aromatic carbocycles. The Kier molecular flexibility index (Phi) is 1.87. The van der Waals surface area contributed by atoms with Crippen LogP contribution in [0.15, 0.2) is 24.3 Å². The van der Waals surface area contributed by atoms with E-state index in [2.05, 4.69) is 0 Å². The topological polar surface area (TPSA) is 40.5 Å². The van der Waals surface area contributed by atoms with Crippen LogP contribution in [0.2, 0.25) is 0 Å².